The monoisotopic (exact) mass is 287 g/mol. The van der Waals surface area contributed by atoms with Crippen LogP contribution in [0.2, 0.25) is 5.02 Å². The zero-order valence-electron chi connectivity index (χ0n) is 12.0. The number of nitrogen functional groups attached to an aromatic ring is 2. The van der Waals surface area contributed by atoms with Crippen molar-refractivity contribution in [2.45, 2.75) is 27.7 Å². The molecular formula is C14H23ClFN3. The number of benzene rings is 1. The van der Waals surface area contributed by atoms with Gasteiger partial charge in [-0.2, -0.15) is 0 Å². The minimum atomic E-state index is -0.527. The summed E-state index contributed by atoms with van der Waals surface area (Å²) >= 11 is 5.89. The van der Waals surface area contributed by atoms with E-state index in [9.17, 15) is 4.39 Å². The number of hydrogen-bond acceptors (Lipinski definition) is 3. The maximum absolute atomic E-state index is 14.3. The molecule has 3 nitrogen and oxygen atoms in total. The smallest absolute Gasteiger partial charge is 0.169 e. The van der Waals surface area contributed by atoms with Crippen LogP contribution in [-0.4, -0.2) is 13.1 Å². The molecule has 0 bridgehead atoms. The molecule has 1 aromatic carbocycles. The van der Waals surface area contributed by atoms with E-state index in [-0.39, 0.29) is 10.7 Å². The van der Waals surface area contributed by atoms with Crippen LogP contribution in [0.1, 0.15) is 27.7 Å². The second kappa shape index (κ2) is 6.33. The van der Waals surface area contributed by atoms with Gasteiger partial charge < -0.3 is 16.4 Å². The van der Waals surface area contributed by atoms with E-state index in [2.05, 4.69) is 27.7 Å². The van der Waals surface area contributed by atoms with Crippen LogP contribution in [-0.2, 0) is 0 Å². The van der Waals surface area contributed by atoms with Crippen molar-refractivity contribution in [2.75, 3.05) is 29.5 Å². The van der Waals surface area contributed by atoms with Gasteiger partial charge in [0.1, 0.15) is 5.02 Å². The number of anilines is 3. The fourth-order valence-corrected chi connectivity index (χ4v) is 2.26. The molecule has 4 N–H and O–H groups in total. The van der Waals surface area contributed by atoms with E-state index in [1.807, 2.05) is 4.90 Å². The van der Waals surface area contributed by atoms with Crippen LogP contribution >= 0.6 is 11.6 Å². The molecule has 0 saturated carbocycles. The number of halogens is 2. The van der Waals surface area contributed by atoms with Crippen molar-refractivity contribution in [1.82, 2.24) is 0 Å². The lowest BCUT2D eigenvalue weighted by Gasteiger charge is -2.30. The summed E-state index contributed by atoms with van der Waals surface area (Å²) < 4.78 is 14.3. The van der Waals surface area contributed by atoms with Crippen molar-refractivity contribution in [3.63, 3.8) is 0 Å². The largest absolute Gasteiger partial charge is 0.397 e. The van der Waals surface area contributed by atoms with E-state index in [4.69, 9.17) is 23.1 Å². The van der Waals surface area contributed by atoms with Crippen LogP contribution in [0.3, 0.4) is 0 Å². The summed E-state index contributed by atoms with van der Waals surface area (Å²) in [6, 6.07) is 1.52. The van der Waals surface area contributed by atoms with Crippen LogP contribution in [0.4, 0.5) is 21.5 Å². The van der Waals surface area contributed by atoms with Gasteiger partial charge in [-0.1, -0.05) is 39.3 Å². The number of rotatable bonds is 5. The minimum absolute atomic E-state index is 0.0540. The molecule has 0 fully saturated rings. The van der Waals surface area contributed by atoms with Gasteiger partial charge in [0.05, 0.1) is 17.1 Å². The van der Waals surface area contributed by atoms with Gasteiger partial charge in [0, 0.05) is 13.1 Å². The second-order valence-corrected chi connectivity index (χ2v) is 6.10. The SMILES string of the molecule is CC(C)CN(CC(C)C)c1c(N)cc(N)c(Cl)c1F. The predicted octanol–water partition coefficient (Wildman–Crippen LogP) is 3.76. The molecule has 19 heavy (non-hydrogen) atoms. The summed E-state index contributed by atoms with van der Waals surface area (Å²) in [5, 5.41) is -0.0540. The Morgan fingerprint density at radius 2 is 1.58 bits per heavy atom. The Morgan fingerprint density at radius 1 is 1.11 bits per heavy atom. The van der Waals surface area contributed by atoms with Gasteiger partial charge in [-0.3, -0.25) is 0 Å². The third-order valence-corrected chi connectivity index (χ3v) is 3.11. The first-order valence-electron chi connectivity index (χ1n) is 6.51. The molecule has 0 radical (unpaired) electrons. The third-order valence-electron chi connectivity index (χ3n) is 2.73. The van der Waals surface area contributed by atoms with Crippen molar-refractivity contribution < 1.29 is 4.39 Å². The number of nitrogens with zero attached hydrogens (tertiary/aromatic N) is 1. The van der Waals surface area contributed by atoms with Crippen LogP contribution in [0.25, 0.3) is 0 Å². The first-order valence-corrected chi connectivity index (χ1v) is 6.89. The molecule has 0 aliphatic heterocycles. The van der Waals surface area contributed by atoms with Crippen LogP contribution in [0.15, 0.2) is 6.07 Å². The normalized spacial score (nSPS) is 11.4. The third kappa shape index (κ3) is 3.90. The molecule has 0 amide bonds. The van der Waals surface area contributed by atoms with E-state index in [0.717, 1.165) is 13.1 Å². The molecule has 1 aromatic rings. The summed E-state index contributed by atoms with van der Waals surface area (Å²) in [4.78, 5) is 1.95. The number of hydrogen-bond donors (Lipinski definition) is 2. The Balaban J connectivity index is 3.25. The Kier molecular flexibility index (Phi) is 5.29. The number of nitrogens with two attached hydrogens (primary N) is 2. The summed E-state index contributed by atoms with van der Waals surface area (Å²) in [5.41, 5.74) is 12.4. The molecule has 0 heterocycles. The molecule has 0 aliphatic rings. The predicted molar refractivity (Wildman–Crippen MR) is 82.1 cm³/mol. The fraction of sp³-hybridized carbons (Fsp3) is 0.571. The molecule has 108 valence electrons. The van der Waals surface area contributed by atoms with E-state index in [0.29, 0.717) is 23.2 Å². The molecule has 0 spiro atoms. The maximum Gasteiger partial charge on any atom is 0.169 e. The van der Waals surface area contributed by atoms with Gasteiger partial charge in [-0.25, -0.2) is 4.39 Å². The van der Waals surface area contributed by atoms with Gasteiger partial charge >= 0.3 is 0 Å². The molecule has 1 rings (SSSR count). The Hall–Kier alpha value is -1.16. The fourth-order valence-electron chi connectivity index (χ4n) is 2.12. The van der Waals surface area contributed by atoms with Gasteiger partial charge in [0.25, 0.3) is 0 Å². The standard InChI is InChI=1S/C14H23ClFN3/c1-8(2)6-19(7-9(3)4)14-11(18)5-10(17)12(15)13(14)16/h5,8-9H,6-7,17-18H2,1-4H3. The zero-order valence-corrected chi connectivity index (χ0v) is 12.8. The van der Waals surface area contributed by atoms with E-state index in [1.54, 1.807) is 0 Å². The lowest BCUT2D eigenvalue weighted by atomic mass is 10.1. The quantitative estimate of drug-likeness (QED) is 0.811. The molecule has 0 unspecified atom stereocenters. The highest BCUT2D eigenvalue weighted by molar-refractivity contribution is 6.33. The summed E-state index contributed by atoms with van der Waals surface area (Å²) in [6.07, 6.45) is 0. The van der Waals surface area contributed by atoms with Crippen LogP contribution < -0.4 is 16.4 Å². The van der Waals surface area contributed by atoms with E-state index in [1.165, 1.54) is 6.07 Å². The molecular weight excluding hydrogens is 265 g/mol. The van der Waals surface area contributed by atoms with Crippen molar-refractivity contribution >= 4 is 28.7 Å². The van der Waals surface area contributed by atoms with Crippen molar-refractivity contribution in [2.24, 2.45) is 11.8 Å². The molecule has 0 aliphatic carbocycles. The highest BCUT2D eigenvalue weighted by atomic mass is 35.5. The van der Waals surface area contributed by atoms with Crippen LogP contribution in [0, 0.1) is 17.7 Å². The summed E-state index contributed by atoms with van der Waals surface area (Å²) in [5.74, 6) is 0.267. The maximum atomic E-state index is 14.3. The van der Waals surface area contributed by atoms with Gasteiger partial charge in [-0.05, 0) is 17.9 Å². The Morgan fingerprint density at radius 3 is 2.00 bits per heavy atom. The zero-order chi connectivity index (χ0) is 14.7. The lowest BCUT2D eigenvalue weighted by molar-refractivity contribution is 0.538. The highest BCUT2D eigenvalue weighted by Crippen LogP contribution is 2.36. The Bertz CT molecular complexity index is 437. The van der Waals surface area contributed by atoms with Gasteiger partial charge in [0.2, 0.25) is 0 Å². The first kappa shape index (κ1) is 15.9. The summed E-state index contributed by atoms with van der Waals surface area (Å²) in [6.45, 7) is 9.78. The first-order chi connectivity index (χ1) is 8.73. The van der Waals surface area contributed by atoms with Crippen LogP contribution in [0.5, 0.6) is 0 Å². The average molecular weight is 288 g/mol. The second-order valence-electron chi connectivity index (χ2n) is 5.72. The van der Waals surface area contributed by atoms with E-state index < -0.39 is 5.82 Å². The Labute approximate surface area is 119 Å². The van der Waals surface area contributed by atoms with E-state index >= 15 is 0 Å². The topological polar surface area (TPSA) is 55.3 Å². The highest BCUT2D eigenvalue weighted by Gasteiger charge is 2.21. The molecule has 0 atom stereocenters. The lowest BCUT2D eigenvalue weighted by Crippen LogP contribution is -2.32. The molecule has 0 aromatic heterocycles. The minimum Gasteiger partial charge on any atom is -0.397 e. The van der Waals surface area contributed by atoms with Crippen molar-refractivity contribution in [3.05, 3.63) is 16.9 Å². The average Bonchev–Trinajstić information content (AvgIpc) is 2.24. The van der Waals surface area contributed by atoms with Crippen molar-refractivity contribution in [3.8, 4) is 0 Å². The van der Waals surface area contributed by atoms with Crippen molar-refractivity contribution in [1.29, 1.82) is 0 Å². The molecule has 5 heteroatoms. The van der Waals surface area contributed by atoms with Gasteiger partial charge in [0.15, 0.2) is 5.82 Å². The molecule has 0 saturated heterocycles. The van der Waals surface area contributed by atoms with Gasteiger partial charge in [-0.15, -0.1) is 0 Å². The summed E-state index contributed by atoms with van der Waals surface area (Å²) in [7, 11) is 0.